The summed E-state index contributed by atoms with van der Waals surface area (Å²) in [6.07, 6.45) is -4.80. The van der Waals surface area contributed by atoms with Gasteiger partial charge in [0.15, 0.2) is 0 Å². The Bertz CT molecular complexity index is 412. The van der Waals surface area contributed by atoms with Crippen molar-refractivity contribution in [3.05, 3.63) is 28.2 Å². The standard InChI is InChI=1S/C12H15BrF3NO2/c1-19-7-9(18)4-5-17-11-3-2-8(13)6-10(11)12(14,15)16/h2-3,6,9,17-18H,4-5,7H2,1H3. The van der Waals surface area contributed by atoms with E-state index >= 15 is 0 Å². The molecule has 1 aromatic carbocycles. The van der Waals surface area contributed by atoms with Crippen molar-refractivity contribution < 1.29 is 23.0 Å². The molecule has 1 unspecified atom stereocenters. The van der Waals surface area contributed by atoms with Gasteiger partial charge in [-0.25, -0.2) is 0 Å². The van der Waals surface area contributed by atoms with Crippen molar-refractivity contribution in [2.24, 2.45) is 0 Å². The molecule has 0 saturated carbocycles. The van der Waals surface area contributed by atoms with Crippen LogP contribution in [0.15, 0.2) is 22.7 Å². The van der Waals surface area contributed by atoms with E-state index in [0.717, 1.165) is 6.07 Å². The first-order valence-electron chi connectivity index (χ1n) is 5.62. The van der Waals surface area contributed by atoms with Crippen molar-refractivity contribution in [3.63, 3.8) is 0 Å². The van der Waals surface area contributed by atoms with Crippen LogP contribution in [-0.2, 0) is 10.9 Å². The van der Waals surface area contributed by atoms with Gasteiger partial charge in [-0.15, -0.1) is 0 Å². The Balaban J connectivity index is 2.68. The minimum atomic E-state index is -4.42. The second kappa shape index (κ2) is 7.12. The monoisotopic (exact) mass is 341 g/mol. The normalized spacial score (nSPS) is 13.4. The van der Waals surface area contributed by atoms with E-state index in [-0.39, 0.29) is 18.8 Å². The van der Waals surface area contributed by atoms with Gasteiger partial charge in [0.05, 0.1) is 18.3 Å². The second-order valence-electron chi connectivity index (χ2n) is 4.01. The smallest absolute Gasteiger partial charge is 0.391 e. The lowest BCUT2D eigenvalue weighted by Gasteiger charge is -2.16. The third-order valence-electron chi connectivity index (χ3n) is 2.44. The summed E-state index contributed by atoms with van der Waals surface area (Å²) in [4.78, 5) is 0. The third kappa shape index (κ3) is 5.38. The van der Waals surface area contributed by atoms with Gasteiger partial charge in [-0.2, -0.15) is 13.2 Å². The van der Waals surface area contributed by atoms with Gasteiger partial charge in [-0.3, -0.25) is 0 Å². The number of nitrogens with one attached hydrogen (secondary N) is 1. The molecule has 0 aliphatic heterocycles. The number of benzene rings is 1. The lowest BCUT2D eigenvalue weighted by Crippen LogP contribution is -2.19. The van der Waals surface area contributed by atoms with Crippen LogP contribution in [0.1, 0.15) is 12.0 Å². The zero-order valence-corrected chi connectivity index (χ0v) is 11.9. The summed E-state index contributed by atoms with van der Waals surface area (Å²) in [5.74, 6) is 0. The summed E-state index contributed by atoms with van der Waals surface area (Å²) in [6, 6.07) is 3.91. The molecular formula is C12H15BrF3NO2. The maximum atomic E-state index is 12.8. The fraction of sp³-hybridized carbons (Fsp3) is 0.500. The van der Waals surface area contributed by atoms with Crippen LogP contribution in [0.5, 0.6) is 0 Å². The summed E-state index contributed by atoms with van der Waals surface area (Å²) in [5, 5.41) is 12.1. The Morgan fingerprint density at radius 1 is 1.42 bits per heavy atom. The minimum Gasteiger partial charge on any atom is -0.391 e. The molecule has 19 heavy (non-hydrogen) atoms. The number of rotatable bonds is 6. The largest absolute Gasteiger partial charge is 0.418 e. The molecule has 2 N–H and O–H groups in total. The van der Waals surface area contributed by atoms with Gasteiger partial charge >= 0.3 is 6.18 Å². The first-order valence-corrected chi connectivity index (χ1v) is 6.41. The molecular weight excluding hydrogens is 327 g/mol. The SMILES string of the molecule is COCC(O)CCNc1ccc(Br)cc1C(F)(F)F. The highest BCUT2D eigenvalue weighted by molar-refractivity contribution is 9.10. The van der Waals surface area contributed by atoms with Crippen LogP contribution in [0.3, 0.4) is 0 Å². The molecule has 0 spiro atoms. The van der Waals surface area contributed by atoms with Gasteiger partial charge in [0.2, 0.25) is 0 Å². The Morgan fingerprint density at radius 3 is 2.68 bits per heavy atom. The van der Waals surface area contributed by atoms with Crippen LogP contribution in [0.25, 0.3) is 0 Å². The lowest BCUT2D eigenvalue weighted by atomic mass is 10.1. The highest BCUT2D eigenvalue weighted by Gasteiger charge is 2.33. The first kappa shape index (κ1) is 16.3. The van der Waals surface area contributed by atoms with E-state index in [9.17, 15) is 18.3 Å². The number of hydrogen-bond donors (Lipinski definition) is 2. The van der Waals surface area contributed by atoms with E-state index in [0.29, 0.717) is 10.9 Å². The second-order valence-corrected chi connectivity index (χ2v) is 4.93. The van der Waals surface area contributed by atoms with Crippen LogP contribution in [0.4, 0.5) is 18.9 Å². The molecule has 1 aromatic rings. The maximum absolute atomic E-state index is 12.8. The quantitative estimate of drug-likeness (QED) is 0.834. The third-order valence-corrected chi connectivity index (χ3v) is 2.93. The first-order chi connectivity index (χ1) is 8.84. The van der Waals surface area contributed by atoms with Crippen LogP contribution in [-0.4, -0.2) is 31.5 Å². The van der Waals surface area contributed by atoms with Crippen LogP contribution in [0, 0.1) is 0 Å². The van der Waals surface area contributed by atoms with Gasteiger partial charge in [-0.05, 0) is 24.6 Å². The predicted octanol–water partition coefficient (Wildman–Crippen LogP) is 3.28. The zero-order valence-electron chi connectivity index (χ0n) is 10.3. The Labute approximate surface area is 117 Å². The lowest BCUT2D eigenvalue weighted by molar-refractivity contribution is -0.137. The minimum absolute atomic E-state index is 0.000293. The molecule has 7 heteroatoms. The molecule has 0 saturated heterocycles. The van der Waals surface area contributed by atoms with E-state index in [1.807, 2.05) is 0 Å². The Hall–Kier alpha value is -0.790. The van der Waals surface area contributed by atoms with Crippen LogP contribution in [0.2, 0.25) is 0 Å². The van der Waals surface area contributed by atoms with Crippen molar-refractivity contribution in [1.29, 1.82) is 0 Å². The number of aliphatic hydroxyl groups is 1. The van der Waals surface area contributed by atoms with E-state index < -0.39 is 17.8 Å². The molecule has 0 bridgehead atoms. The molecule has 0 radical (unpaired) electrons. The summed E-state index contributed by atoms with van der Waals surface area (Å²) in [6.45, 7) is 0.392. The number of halogens is 4. The number of aliphatic hydroxyl groups excluding tert-OH is 1. The summed E-state index contributed by atoms with van der Waals surface area (Å²) >= 11 is 3.02. The van der Waals surface area contributed by atoms with Gasteiger partial charge in [0.25, 0.3) is 0 Å². The Kier molecular flexibility index (Phi) is 6.09. The summed E-state index contributed by atoms with van der Waals surface area (Å²) in [5.41, 5.74) is -0.733. The molecule has 0 aliphatic rings. The van der Waals surface area contributed by atoms with Gasteiger partial charge in [-0.1, -0.05) is 15.9 Å². The van der Waals surface area contributed by atoms with Gasteiger partial charge in [0, 0.05) is 23.8 Å². The summed E-state index contributed by atoms with van der Waals surface area (Å²) in [7, 11) is 1.45. The van der Waals surface area contributed by atoms with E-state index in [1.54, 1.807) is 0 Å². The van der Waals surface area contributed by atoms with Gasteiger partial charge < -0.3 is 15.2 Å². The predicted molar refractivity (Wildman–Crippen MR) is 70.1 cm³/mol. The summed E-state index contributed by atoms with van der Waals surface area (Å²) < 4.78 is 43.5. The van der Waals surface area contributed by atoms with Crippen molar-refractivity contribution in [2.75, 3.05) is 25.6 Å². The number of hydrogen-bond acceptors (Lipinski definition) is 3. The van der Waals surface area contributed by atoms with Crippen molar-refractivity contribution in [2.45, 2.75) is 18.7 Å². The average molecular weight is 342 g/mol. The highest BCUT2D eigenvalue weighted by atomic mass is 79.9. The molecule has 0 heterocycles. The molecule has 1 atom stereocenters. The molecule has 108 valence electrons. The van der Waals surface area contributed by atoms with Crippen molar-refractivity contribution in [3.8, 4) is 0 Å². The number of alkyl halides is 3. The molecule has 3 nitrogen and oxygen atoms in total. The Morgan fingerprint density at radius 2 is 2.11 bits per heavy atom. The topological polar surface area (TPSA) is 41.5 Å². The van der Waals surface area contributed by atoms with Crippen LogP contribution < -0.4 is 5.32 Å². The van der Waals surface area contributed by atoms with E-state index in [4.69, 9.17) is 4.74 Å². The van der Waals surface area contributed by atoms with Crippen molar-refractivity contribution in [1.82, 2.24) is 0 Å². The average Bonchev–Trinajstić information content (AvgIpc) is 2.30. The molecule has 0 aromatic heterocycles. The maximum Gasteiger partial charge on any atom is 0.418 e. The van der Waals surface area contributed by atoms with Crippen molar-refractivity contribution >= 4 is 21.6 Å². The van der Waals surface area contributed by atoms with Crippen LogP contribution >= 0.6 is 15.9 Å². The molecule has 0 aliphatic carbocycles. The van der Waals surface area contributed by atoms with Gasteiger partial charge in [0.1, 0.15) is 0 Å². The highest BCUT2D eigenvalue weighted by Crippen LogP contribution is 2.36. The van der Waals surface area contributed by atoms with E-state index in [1.165, 1.54) is 19.2 Å². The molecule has 1 rings (SSSR count). The number of anilines is 1. The number of ether oxygens (including phenoxy) is 1. The molecule has 0 amide bonds. The fourth-order valence-electron chi connectivity index (χ4n) is 1.55. The number of methoxy groups -OCH3 is 1. The fourth-order valence-corrected chi connectivity index (χ4v) is 1.92. The zero-order chi connectivity index (χ0) is 14.5. The molecule has 0 fully saturated rings. The van der Waals surface area contributed by atoms with E-state index in [2.05, 4.69) is 21.2 Å².